The standard InChI is InChI=1S/C27H25ClN2O4/c28-20-12-10-19(11-13-20)24-23(25(31)22-9-6-16-34-22)26(32)27(33)30(24)17-21(29-14-4-5-15-29)18-7-2-1-3-8-18/h1-3,6-13,16,21,24,32H,4-5,14-15,17H2. The summed E-state index contributed by atoms with van der Waals surface area (Å²) in [5.41, 5.74) is 1.82. The molecular weight excluding hydrogens is 452 g/mol. The normalized spacial score (nSPS) is 19.7. The largest absolute Gasteiger partial charge is 0.503 e. The van der Waals surface area contributed by atoms with Gasteiger partial charge in [-0.3, -0.25) is 14.5 Å². The maximum Gasteiger partial charge on any atom is 0.290 e. The van der Waals surface area contributed by atoms with Gasteiger partial charge in [0.25, 0.3) is 5.91 Å². The summed E-state index contributed by atoms with van der Waals surface area (Å²) in [6.07, 6.45) is 3.60. The molecule has 2 atom stereocenters. The molecule has 2 aliphatic heterocycles. The van der Waals surface area contributed by atoms with Gasteiger partial charge in [-0.2, -0.15) is 0 Å². The van der Waals surface area contributed by atoms with Crippen LogP contribution in [0.3, 0.4) is 0 Å². The summed E-state index contributed by atoms with van der Waals surface area (Å²) in [6, 6.07) is 19.4. The van der Waals surface area contributed by atoms with Gasteiger partial charge in [-0.15, -0.1) is 0 Å². The maximum atomic E-state index is 13.4. The monoisotopic (exact) mass is 476 g/mol. The highest BCUT2D eigenvalue weighted by Crippen LogP contribution is 2.41. The zero-order chi connectivity index (χ0) is 23.7. The Bertz CT molecular complexity index is 1200. The van der Waals surface area contributed by atoms with Crippen molar-refractivity contribution in [3.8, 4) is 0 Å². The molecule has 7 heteroatoms. The van der Waals surface area contributed by atoms with E-state index in [1.54, 1.807) is 35.2 Å². The van der Waals surface area contributed by atoms with Crippen molar-refractivity contribution in [2.45, 2.75) is 24.9 Å². The van der Waals surface area contributed by atoms with Crippen LogP contribution in [0.1, 0.15) is 46.6 Å². The number of Topliss-reactive ketones (excluding diaryl/α,β-unsaturated/α-hetero) is 1. The summed E-state index contributed by atoms with van der Waals surface area (Å²) in [6.45, 7) is 2.20. The number of aliphatic hydroxyl groups excluding tert-OH is 1. The van der Waals surface area contributed by atoms with Crippen LogP contribution in [0.5, 0.6) is 0 Å². The van der Waals surface area contributed by atoms with Crippen LogP contribution in [0.25, 0.3) is 0 Å². The molecule has 0 radical (unpaired) electrons. The van der Waals surface area contributed by atoms with E-state index in [4.69, 9.17) is 16.0 Å². The molecule has 0 saturated carbocycles. The number of likely N-dealkylation sites (tertiary alicyclic amines) is 1. The van der Waals surface area contributed by atoms with Crippen LogP contribution in [-0.2, 0) is 4.79 Å². The zero-order valence-electron chi connectivity index (χ0n) is 18.6. The molecule has 2 unspecified atom stereocenters. The molecule has 2 aromatic carbocycles. The number of benzene rings is 2. The summed E-state index contributed by atoms with van der Waals surface area (Å²) >= 11 is 6.11. The third-order valence-corrected chi connectivity index (χ3v) is 6.87. The minimum Gasteiger partial charge on any atom is -0.503 e. The summed E-state index contributed by atoms with van der Waals surface area (Å²) in [5, 5.41) is 11.5. The van der Waals surface area contributed by atoms with Crippen LogP contribution in [0.2, 0.25) is 5.02 Å². The number of nitrogens with zero attached hydrogens (tertiary/aromatic N) is 2. The fourth-order valence-corrected chi connectivity index (χ4v) is 5.08. The summed E-state index contributed by atoms with van der Waals surface area (Å²) < 4.78 is 5.31. The Hall–Kier alpha value is -3.35. The van der Waals surface area contributed by atoms with Gasteiger partial charge in [-0.05, 0) is 61.3 Å². The van der Waals surface area contributed by atoms with Gasteiger partial charge in [-0.25, -0.2) is 0 Å². The number of carbonyl (C=O) groups excluding carboxylic acids is 2. The molecule has 1 aromatic heterocycles. The maximum absolute atomic E-state index is 13.4. The van der Waals surface area contributed by atoms with Gasteiger partial charge in [0.1, 0.15) is 0 Å². The SMILES string of the molecule is O=C(C1=C(O)C(=O)N(CC(c2ccccc2)N2CCCC2)C1c1ccc(Cl)cc1)c1ccco1. The lowest BCUT2D eigenvalue weighted by atomic mass is 9.94. The van der Waals surface area contributed by atoms with Crippen molar-refractivity contribution < 1.29 is 19.1 Å². The topological polar surface area (TPSA) is 74.0 Å². The molecule has 1 saturated heterocycles. The fourth-order valence-electron chi connectivity index (χ4n) is 4.95. The van der Waals surface area contributed by atoms with Crippen molar-refractivity contribution in [3.05, 3.63) is 106 Å². The van der Waals surface area contributed by atoms with E-state index in [9.17, 15) is 14.7 Å². The molecule has 1 fully saturated rings. The molecule has 5 rings (SSSR count). The number of hydrogen-bond acceptors (Lipinski definition) is 5. The first-order valence-electron chi connectivity index (χ1n) is 11.4. The minimum absolute atomic E-state index is 0.0236. The minimum atomic E-state index is -0.754. The highest BCUT2D eigenvalue weighted by molar-refractivity contribution is 6.30. The van der Waals surface area contributed by atoms with Crippen molar-refractivity contribution in [3.63, 3.8) is 0 Å². The Morgan fingerprint density at radius 1 is 1.03 bits per heavy atom. The summed E-state index contributed by atoms with van der Waals surface area (Å²) in [7, 11) is 0. The van der Waals surface area contributed by atoms with E-state index in [1.165, 1.54) is 12.3 Å². The number of furan rings is 1. The third-order valence-electron chi connectivity index (χ3n) is 6.61. The molecule has 0 bridgehead atoms. The first-order valence-corrected chi connectivity index (χ1v) is 11.8. The quantitative estimate of drug-likeness (QED) is 0.465. The van der Waals surface area contributed by atoms with Crippen LogP contribution >= 0.6 is 11.6 Å². The van der Waals surface area contributed by atoms with Crippen molar-refractivity contribution in [1.82, 2.24) is 9.80 Å². The lowest BCUT2D eigenvalue weighted by Crippen LogP contribution is -2.40. The van der Waals surface area contributed by atoms with Gasteiger partial charge < -0.3 is 14.4 Å². The summed E-state index contributed by atoms with van der Waals surface area (Å²) in [4.78, 5) is 30.7. The molecule has 3 heterocycles. The molecule has 2 aliphatic rings. The average Bonchev–Trinajstić information content (AvgIpc) is 3.62. The first-order chi connectivity index (χ1) is 16.5. The number of amides is 1. The van der Waals surface area contributed by atoms with Crippen molar-refractivity contribution >= 4 is 23.3 Å². The van der Waals surface area contributed by atoms with Gasteiger partial charge in [0, 0.05) is 11.6 Å². The van der Waals surface area contributed by atoms with E-state index in [1.807, 2.05) is 18.2 Å². The molecule has 0 aliphatic carbocycles. The molecule has 174 valence electrons. The fraction of sp³-hybridized carbons (Fsp3) is 0.259. The van der Waals surface area contributed by atoms with Gasteiger partial charge in [0.05, 0.1) is 23.9 Å². The van der Waals surface area contributed by atoms with Gasteiger partial charge in [0.15, 0.2) is 11.5 Å². The Kier molecular flexibility index (Phi) is 6.26. The van der Waals surface area contributed by atoms with E-state index in [0.717, 1.165) is 31.5 Å². The van der Waals surface area contributed by atoms with Crippen LogP contribution in [0, 0.1) is 0 Å². The van der Waals surface area contributed by atoms with Crippen molar-refractivity contribution in [2.75, 3.05) is 19.6 Å². The van der Waals surface area contributed by atoms with Crippen molar-refractivity contribution in [2.24, 2.45) is 0 Å². The summed E-state index contributed by atoms with van der Waals surface area (Å²) in [5.74, 6) is -1.52. The van der Waals surface area contributed by atoms with Gasteiger partial charge in [-0.1, -0.05) is 54.1 Å². The van der Waals surface area contributed by atoms with E-state index in [-0.39, 0.29) is 17.4 Å². The number of carbonyl (C=O) groups is 2. The third kappa shape index (κ3) is 4.15. The number of hydrogen-bond donors (Lipinski definition) is 1. The van der Waals surface area contributed by atoms with Crippen LogP contribution < -0.4 is 0 Å². The number of rotatable bonds is 7. The zero-order valence-corrected chi connectivity index (χ0v) is 19.3. The number of aliphatic hydroxyl groups is 1. The Labute approximate surface area is 203 Å². The lowest BCUT2D eigenvalue weighted by molar-refractivity contribution is -0.130. The molecule has 1 amide bonds. The smallest absolute Gasteiger partial charge is 0.290 e. The molecule has 34 heavy (non-hydrogen) atoms. The van der Waals surface area contributed by atoms with E-state index >= 15 is 0 Å². The highest BCUT2D eigenvalue weighted by Gasteiger charge is 2.45. The van der Waals surface area contributed by atoms with E-state index < -0.39 is 23.5 Å². The molecular formula is C27H25ClN2O4. The second-order valence-corrected chi connectivity index (χ2v) is 9.09. The van der Waals surface area contributed by atoms with Crippen molar-refractivity contribution in [1.29, 1.82) is 0 Å². The highest BCUT2D eigenvalue weighted by atomic mass is 35.5. The van der Waals surface area contributed by atoms with E-state index in [0.29, 0.717) is 17.1 Å². The second-order valence-electron chi connectivity index (χ2n) is 8.65. The van der Waals surface area contributed by atoms with E-state index in [2.05, 4.69) is 17.0 Å². The first kappa shape index (κ1) is 22.4. The van der Waals surface area contributed by atoms with Crippen LogP contribution in [0.15, 0.2) is 88.7 Å². The number of halogens is 1. The Morgan fingerprint density at radius 2 is 1.74 bits per heavy atom. The van der Waals surface area contributed by atoms with Crippen LogP contribution in [-0.4, -0.2) is 46.2 Å². The molecule has 1 N–H and O–H groups in total. The second kappa shape index (κ2) is 9.49. The Balaban J connectivity index is 1.56. The predicted molar refractivity (Wildman–Crippen MR) is 129 cm³/mol. The predicted octanol–water partition coefficient (Wildman–Crippen LogP) is 5.35. The van der Waals surface area contributed by atoms with Gasteiger partial charge in [0.2, 0.25) is 5.78 Å². The molecule has 6 nitrogen and oxygen atoms in total. The lowest BCUT2D eigenvalue weighted by Gasteiger charge is -2.35. The van der Waals surface area contributed by atoms with Crippen LogP contribution in [0.4, 0.5) is 0 Å². The Morgan fingerprint density at radius 3 is 2.38 bits per heavy atom. The van der Waals surface area contributed by atoms with Gasteiger partial charge >= 0.3 is 0 Å². The molecule has 3 aromatic rings. The number of ketones is 1. The average molecular weight is 477 g/mol. The molecule has 0 spiro atoms.